The molecule has 0 radical (unpaired) electrons. The monoisotopic (exact) mass is 251 g/mol. The molecule has 0 spiro atoms. The Morgan fingerprint density at radius 1 is 1.31 bits per heavy atom. The van der Waals surface area contributed by atoms with Crippen LogP contribution < -0.4 is 5.32 Å². The second-order valence-electron chi connectivity index (χ2n) is 2.88. The van der Waals surface area contributed by atoms with E-state index < -0.39 is 11.9 Å². The number of rotatable bonds is 4. The number of halogens is 3. The van der Waals surface area contributed by atoms with Crippen molar-refractivity contribution >= 4 is 17.7 Å². The molecule has 0 aliphatic heterocycles. The second kappa shape index (κ2) is 5.38. The second-order valence-corrected chi connectivity index (χ2v) is 4.16. The molecule has 1 N–H and O–H groups in total. The van der Waals surface area contributed by atoms with Gasteiger partial charge in [0.15, 0.2) is 5.69 Å². The number of hydrogen-bond acceptors (Lipinski definition) is 4. The smallest absolute Gasteiger partial charge is 0.354 e. The minimum Gasteiger partial charge on any atom is -0.354 e. The van der Waals surface area contributed by atoms with E-state index in [-0.39, 0.29) is 5.95 Å². The molecule has 90 valence electrons. The molecule has 0 aliphatic rings. The molecule has 0 saturated heterocycles. The van der Waals surface area contributed by atoms with Gasteiger partial charge in [-0.1, -0.05) is 6.92 Å². The minimum atomic E-state index is -4.43. The lowest BCUT2D eigenvalue weighted by atomic mass is 10.4. The zero-order valence-corrected chi connectivity index (χ0v) is 9.74. The quantitative estimate of drug-likeness (QED) is 0.659. The summed E-state index contributed by atoms with van der Waals surface area (Å²) in [6.07, 6.45) is -4.43. The maximum absolute atomic E-state index is 12.5. The summed E-state index contributed by atoms with van der Waals surface area (Å²) in [7, 11) is 0. The minimum absolute atomic E-state index is 0.0216. The van der Waals surface area contributed by atoms with Gasteiger partial charge in [-0.3, -0.25) is 0 Å². The molecule has 1 aromatic heterocycles. The standard InChI is InChI=1S/C9H12F3N3S/c1-3-13-8-14-6(9(10,11)12)5-7(15-8)16-4-2/h5H,3-4H2,1-2H3,(H,13,14,15). The van der Waals surface area contributed by atoms with E-state index in [1.165, 1.54) is 11.8 Å². The van der Waals surface area contributed by atoms with Gasteiger partial charge in [0.2, 0.25) is 5.95 Å². The number of alkyl halides is 3. The predicted octanol–water partition coefficient (Wildman–Crippen LogP) is 3.04. The van der Waals surface area contributed by atoms with E-state index >= 15 is 0 Å². The van der Waals surface area contributed by atoms with Gasteiger partial charge in [-0.25, -0.2) is 9.97 Å². The van der Waals surface area contributed by atoms with Gasteiger partial charge in [0.05, 0.1) is 0 Å². The number of anilines is 1. The van der Waals surface area contributed by atoms with Crippen molar-refractivity contribution in [3.8, 4) is 0 Å². The van der Waals surface area contributed by atoms with Gasteiger partial charge in [-0.2, -0.15) is 13.2 Å². The van der Waals surface area contributed by atoms with E-state index in [4.69, 9.17) is 0 Å². The largest absolute Gasteiger partial charge is 0.433 e. The van der Waals surface area contributed by atoms with Gasteiger partial charge < -0.3 is 5.32 Å². The molecule has 0 aromatic carbocycles. The summed E-state index contributed by atoms with van der Waals surface area (Å²) in [5.41, 5.74) is -0.908. The molecule has 3 nitrogen and oxygen atoms in total. The summed E-state index contributed by atoms with van der Waals surface area (Å²) in [5.74, 6) is 0.688. The molecular formula is C9H12F3N3S. The highest BCUT2D eigenvalue weighted by molar-refractivity contribution is 7.99. The number of aromatic nitrogens is 2. The molecule has 1 heterocycles. The molecule has 0 atom stereocenters. The van der Waals surface area contributed by atoms with Crippen LogP contribution in [0.4, 0.5) is 19.1 Å². The molecule has 0 unspecified atom stereocenters. The van der Waals surface area contributed by atoms with Crippen molar-refractivity contribution in [2.45, 2.75) is 25.0 Å². The van der Waals surface area contributed by atoms with Crippen LogP contribution in [-0.2, 0) is 6.18 Å². The Morgan fingerprint density at radius 2 is 2.00 bits per heavy atom. The van der Waals surface area contributed by atoms with Gasteiger partial charge in [0.25, 0.3) is 0 Å². The van der Waals surface area contributed by atoms with Gasteiger partial charge in [-0.15, -0.1) is 11.8 Å². The molecule has 0 amide bonds. The van der Waals surface area contributed by atoms with Gasteiger partial charge in [0.1, 0.15) is 5.03 Å². The fourth-order valence-electron chi connectivity index (χ4n) is 1.03. The topological polar surface area (TPSA) is 37.8 Å². The van der Waals surface area contributed by atoms with Crippen LogP contribution in [0.2, 0.25) is 0 Å². The van der Waals surface area contributed by atoms with Crippen LogP contribution in [0.15, 0.2) is 11.1 Å². The zero-order chi connectivity index (χ0) is 12.2. The fraction of sp³-hybridized carbons (Fsp3) is 0.556. The average molecular weight is 251 g/mol. The van der Waals surface area contributed by atoms with Crippen molar-refractivity contribution in [2.24, 2.45) is 0 Å². The predicted molar refractivity (Wildman–Crippen MR) is 57.6 cm³/mol. The third kappa shape index (κ3) is 3.55. The van der Waals surface area contributed by atoms with E-state index in [0.29, 0.717) is 17.3 Å². The van der Waals surface area contributed by atoms with Gasteiger partial charge in [-0.05, 0) is 12.7 Å². The Balaban J connectivity index is 3.08. The average Bonchev–Trinajstić information content (AvgIpc) is 2.17. The molecule has 0 saturated carbocycles. The van der Waals surface area contributed by atoms with Crippen LogP contribution in [0.3, 0.4) is 0 Å². The lowest BCUT2D eigenvalue weighted by Gasteiger charge is -2.10. The first-order valence-electron chi connectivity index (χ1n) is 4.80. The normalized spacial score (nSPS) is 11.6. The SMILES string of the molecule is CCNc1nc(SCC)cc(C(F)(F)F)n1. The Morgan fingerprint density at radius 3 is 2.50 bits per heavy atom. The molecule has 1 aromatic rings. The Kier molecular flexibility index (Phi) is 4.40. The maximum atomic E-state index is 12.5. The van der Waals surface area contributed by atoms with Crippen LogP contribution in [0, 0.1) is 0 Å². The highest BCUT2D eigenvalue weighted by Gasteiger charge is 2.33. The summed E-state index contributed by atoms with van der Waals surface area (Å²) in [6.45, 7) is 4.11. The van der Waals surface area contributed by atoms with Crippen LogP contribution in [0.25, 0.3) is 0 Å². The highest BCUT2D eigenvalue weighted by atomic mass is 32.2. The summed E-state index contributed by atoms with van der Waals surface area (Å²) in [4.78, 5) is 7.38. The lowest BCUT2D eigenvalue weighted by molar-refractivity contribution is -0.141. The summed E-state index contributed by atoms with van der Waals surface area (Å²) in [5, 5.41) is 3.02. The van der Waals surface area contributed by atoms with Crippen LogP contribution in [-0.4, -0.2) is 22.3 Å². The first kappa shape index (κ1) is 13.1. The lowest BCUT2D eigenvalue weighted by Crippen LogP contribution is -2.12. The van der Waals surface area contributed by atoms with Crippen molar-refractivity contribution in [3.05, 3.63) is 11.8 Å². The summed E-state index contributed by atoms with van der Waals surface area (Å²) >= 11 is 1.25. The molecule has 16 heavy (non-hydrogen) atoms. The Bertz CT molecular complexity index is 330. The molecule has 0 aliphatic carbocycles. The first-order chi connectivity index (χ1) is 7.47. The molecule has 1 rings (SSSR count). The third-order valence-corrected chi connectivity index (χ3v) is 2.41. The number of nitrogens with zero attached hydrogens (tertiary/aromatic N) is 2. The van der Waals surface area contributed by atoms with E-state index in [2.05, 4.69) is 15.3 Å². The van der Waals surface area contributed by atoms with Gasteiger partial charge in [0, 0.05) is 12.6 Å². The summed E-state index contributed by atoms with van der Waals surface area (Å²) in [6, 6.07) is 0.967. The number of thioether (sulfide) groups is 1. The maximum Gasteiger partial charge on any atom is 0.433 e. The van der Waals surface area contributed by atoms with Crippen molar-refractivity contribution in [2.75, 3.05) is 17.6 Å². The van der Waals surface area contributed by atoms with Crippen molar-refractivity contribution in [3.63, 3.8) is 0 Å². The number of nitrogens with one attached hydrogen (secondary N) is 1. The van der Waals surface area contributed by atoms with Crippen LogP contribution in [0.5, 0.6) is 0 Å². The molecular weight excluding hydrogens is 239 g/mol. The third-order valence-electron chi connectivity index (χ3n) is 1.62. The summed E-state index contributed by atoms with van der Waals surface area (Å²) < 4.78 is 37.5. The molecule has 0 fully saturated rings. The van der Waals surface area contributed by atoms with Crippen molar-refractivity contribution in [1.82, 2.24) is 9.97 Å². The van der Waals surface area contributed by atoms with Gasteiger partial charge >= 0.3 is 6.18 Å². The van der Waals surface area contributed by atoms with E-state index in [0.717, 1.165) is 6.07 Å². The van der Waals surface area contributed by atoms with Crippen molar-refractivity contribution < 1.29 is 13.2 Å². The zero-order valence-electron chi connectivity index (χ0n) is 8.93. The number of hydrogen-bond donors (Lipinski definition) is 1. The Labute approximate surface area is 95.9 Å². The highest BCUT2D eigenvalue weighted by Crippen LogP contribution is 2.30. The van der Waals surface area contributed by atoms with E-state index in [9.17, 15) is 13.2 Å². The first-order valence-corrected chi connectivity index (χ1v) is 5.78. The molecule has 0 bridgehead atoms. The van der Waals surface area contributed by atoms with Crippen LogP contribution >= 0.6 is 11.8 Å². The fourth-order valence-corrected chi connectivity index (χ4v) is 1.67. The van der Waals surface area contributed by atoms with Crippen molar-refractivity contribution in [1.29, 1.82) is 0 Å². The van der Waals surface area contributed by atoms with E-state index in [1.54, 1.807) is 6.92 Å². The Hall–Kier alpha value is -0.980. The molecule has 7 heteroatoms. The van der Waals surface area contributed by atoms with Crippen LogP contribution in [0.1, 0.15) is 19.5 Å². The van der Waals surface area contributed by atoms with E-state index in [1.807, 2.05) is 6.92 Å².